The standard InChI is InChI=1S/C61H98N20O17/c1-30(2)24-43(58(96)77-41(19-15-23-67-61(64)65)54(92)73-36(8)53(91)78-45(26-39-27-66-28-68-39)57(95)70-31(3)48(63)86)79-59(97)44(25-38-16-11-10-12-17-38)80-55(93)40(18-13-14-22-62)75-52(90)35(7)72-50(88)33(5)71-51(89)34(6)74-60(98)47(37(9)83)81-56(94)42(20-21-46(84)85)76-49(87)32(4)69-29-82/h10-12,16-17,27-37,40-45,47,83H,13-15,18-26,62H2,1-9H3,(H2,63,86)(H,66,68)(H,69,82)(H,70,95)(H,71,89)(H,72,88)(H,73,92)(H,74,98)(H,75,90)(H,76,87)(H,77,96)(H,78,91)(H,79,97)(H,80,93)(H,81,94)(H,84,85)(H4,64,65,67)/t31-,32-,33-,34-,35-,36-,37+,40-,41-,42-,43-,44-,45-,47-/m0/s1. The zero-order valence-corrected chi connectivity index (χ0v) is 56.5. The zero-order valence-electron chi connectivity index (χ0n) is 56.5. The van der Waals surface area contributed by atoms with Crippen LogP contribution in [0.4, 0.5) is 0 Å². The third-order valence-electron chi connectivity index (χ3n) is 14.9. The molecule has 0 aliphatic carbocycles. The molecule has 0 fully saturated rings. The van der Waals surface area contributed by atoms with Crippen LogP contribution in [0.1, 0.15) is 125 Å². The Hall–Kier alpha value is -10.3. The van der Waals surface area contributed by atoms with Crippen molar-refractivity contribution in [2.24, 2.45) is 33.8 Å². The first-order valence-electron chi connectivity index (χ1n) is 31.9. The third-order valence-corrected chi connectivity index (χ3v) is 14.9. The molecule has 1 aromatic carbocycles. The van der Waals surface area contributed by atoms with E-state index in [2.05, 4.69) is 84.1 Å². The Morgan fingerprint density at radius 2 is 0.918 bits per heavy atom. The minimum atomic E-state index is -1.77. The van der Waals surface area contributed by atoms with Gasteiger partial charge in [-0.1, -0.05) is 44.2 Å². The molecular weight excluding hydrogens is 1280 g/mol. The van der Waals surface area contributed by atoms with Crippen LogP contribution in [0.3, 0.4) is 0 Å². The lowest BCUT2D eigenvalue weighted by atomic mass is 10.00. The van der Waals surface area contributed by atoms with Gasteiger partial charge in [-0.15, -0.1) is 0 Å². The van der Waals surface area contributed by atoms with E-state index in [0.717, 1.165) is 6.92 Å². The maximum atomic E-state index is 14.6. The monoisotopic (exact) mass is 1380 g/mol. The van der Waals surface area contributed by atoms with Crippen LogP contribution < -0.4 is 92.1 Å². The molecule has 1 aromatic heterocycles. The number of nitrogens with two attached hydrogens (primary N) is 4. The van der Waals surface area contributed by atoms with Crippen molar-refractivity contribution >= 4 is 95.1 Å². The average Bonchev–Trinajstić information content (AvgIpc) is 1.48. The Labute approximate surface area is 566 Å². The van der Waals surface area contributed by atoms with Gasteiger partial charge in [0.15, 0.2) is 5.96 Å². The largest absolute Gasteiger partial charge is 0.481 e. The van der Waals surface area contributed by atoms with Gasteiger partial charge in [0.05, 0.1) is 12.4 Å². The highest BCUT2D eigenvalue weighted by molar-refractivity contribution is 6.00. The molecule has 0 radical (unpaired) electrons. The number of guanidine groups is 1. The summed E-state index contributed by atoms with van der Waals surface area (Å²) < 4.78 is 0. The first-order chi connectivity index (χ1) is 46.1. The summed E-state index contributed by atoms with van der Waals surface area (Å²) in [6.07, 6.45) is 0.777. The number of nitrogens with zero attached hydrogens (tertiary/aromatic N) is 2. The molecule has 0 bridgehead atoms. The third kappa shape index (κ3) is 31.0. The van der Waals surface area contributed by atoms with E-state index in [9.17, 15) is 82.1 Å². The van der Waals surface area contributed by atoms with Crippen LogP contribution in [-0.4, -0.2) is 213 Å². The summed E-state index contributed by atoms with van der Waals surface area (Å²) in [5.74, 6) is -13.5. The molecule has 98 heavy (non-hydrogen) atoms. The van der Waals surface area contributed by atoms with Gasteiger partial charge in [-0.2, -0.15) is 0 Å². The number of H-pyrrole nitrogens is 1. The van der Waals surface area contributed by atoms with Crippen LogP contribution in [-0.2, 0) is 84.8 Å². The highest BCUT2D eigenvalue weighted by Crippen LogP contribution is 2.13. The highest BCUT2D eigenvalue weighted by Gasteiger charge is 2.36. The van der Waals surface area contributed by atoms with Gasteiger partial charge in [-0.25, -0.2) is 4.98 Å². The smallest absolute Gasteiger partial charge is 0.303 e. The molecule has 0 saturated carbocycles. The summed E-state index contributed by atoms with van der Waals surface area (Å²) >= 11 is 0. The second kappa shape index (κ2) is 43.0. The van der Waals surface area contributed by atoms with Crippen LogP contribution in [0.15, 0.2) is 47.8 Å². The van der Waals surface area contributed by atoms with Crippen molar-refractivity contribution in [1.82, 2.24) is 79.1 Å². The number of aliphatic hydroxyl groups excluding tert-OH is 1. The van der Waals surface area contributed by atoms with Gasteiger partial charge in [-0.05, 0) is 111 Å². The lowest BCUT2D eigenvalue weighted by Crippen LogP contribution is -2.61. The molecule has 14 amide bonds. The summed E-state index contributed by atoms with van der Waals surface area (Å²) in [7, 11) is 0. The molecule has 1 heterocycles. The number of aromatic amines is 1. The number of rotatable bonds is 45. The van der Waals surface area contributed by atoms with E-state index < -0.39 is 180 Å². The quantitative estimate of drug-likeness (QED) is 0.0127. The average molecular weight is 1380 g/mol. The van der Waals surface area contributed by atoms with Gasteiger partial charge in [0.2, 0.25) is 83.2 Å². The molecule has 0 unspecified atom stereocenters. The molecule has 0 saturated heterocycles. The lowest BCUT2D eigenvalue weighted by molar-refractivity contribution is -0.139. The van der Waals surface area contributed by atoms with Crippen LogP contribution >= 0.6 is 0 Å². The molecule has 0 aliphatic heterocycles. The van der Waals surface area contributed by atoms with Crippen molar-refractivity contribution in [2.45, 2.75) is 211 Å². The summed E-state index contributed by atoms with van der Waals surface area (Å²) in [5, 5.41) is 51.7. The number of aromatic nitrogens is 2. The Morgan fingerprint density at radius 3 is 1.42 bits per heavy atom. The first-order valence-corrected chi connectivity index (χ1v) is 31.9. The molecule has 544 valence electrons. The van der Waals surface area contributed by atoms with E-state index in [4.69, 9.17) is 22.9 Å². The SMILES string of the molecule is CC(C)C[C@H](NC(=O)[C@H](Cc1ccccc1)NC(=O)[C@H](CCCCN)NC(=O)[C@H](C)NC(=O)[C@H](C)NC(=O)[C@H](C)NC(=O)[C@@H](NC(=O)[C@H](CCC(=O)O)NC(=O)[C@H](C)NC=O)[C@@H](C)O)C(=O)N[C@@H](CCCN=C(N)N)C(=O)N[C@@H](C)C(=O)N[C@@H](Cc1cnc[nH]1)C(=O)N[C@@H](C)C(N)=O. The fourth-order valence-corrected chi connectivity index (χ4v) is 9.14. The van der Waals surface area contributed by atoms with Gasteiger partial charge in [0.1, 0.15) is 78.5 Å². The molecule has 14 atom stereocenters. The Balaban J connectivity index is 2.33. The fourth-order valence-electron chi connectivity index (χ4n) is 9.14. The van der Waals surface area contributed by atoms with E-state index in [1.54, 1.807) is 44.2 Å². The van der Waals surface area contributed by atoms with Gasteiger partial charge < -0.3 is 107 Å². The van der Waals surface area contributed by atoms with E-state index >= 15 is 0 Å². The number of amides is 14. The number of carboxylic acids is 1. The van der Waals surface area contributed by atoms with Gasteiger partial charge >= 0.3 is 5.97 Å². The topological polar surface area (TPSA) is 598 Å². The number of imidazole rings is 1. The van der Waals surface area contributed by atoms with Crippen molar-refractivity contribution in [3.05, 3.63) is 54.1 Å². The second-order valence-electron chi connectivity index (χ2n) is 23.9. The number of unbranched alkanes of at least 4 members (excludes halogenated alkanes) is 1. The van der Waals surface area contributed by atoms with E-state index in [-0.39, 0.29) is 69.9 Å². The number of carboxylic acid groups (broad SMARTS) is 1. The van der Waals surface area contributed by atoms with Crippen molar-refractivity contribution in [3.8, 4) is 0 Å². The molecule has 0 aliphatic rings. The van der Waals surface area contributed by atoms with Crippen molar-refractivity contribution in [3.63, 3.8) is 0 Å². The minimum Gasteiger partial charge on any atom is -0.481 e. The van der Waals surface area contributed by atoms with Crippen LogP contribution in [0, 0.1) is 5.92 Å². The predicted molar refractivity (Wildman–Crippen MR) is 353 cm³/mol. The number of carbonyl (C=O) groups excluding carboxylic acids is 14. The number of hydrogen-bond acceptors (Lipinski definition) is 19. The van der Waals surface area contributed by atoms with Crippen LogP contribution in [0.25, 0.3) is 0 Å². The zero-order chi connectivity index (χ0) is 73.9. The van der Waals surface area contributed by atoms with Crippen molar-refractivity contribution in [2.75, 3.05) is 13.1 Å². The Bertz CT molecular complexity index is 3060. The predicted octanol–water partition coefficient (Wildman–Crippen LogP) is -6.79. The second-order valence-corrected chi connectivity index (χ2v) is 23.9. The van der Waals surface area contributed by atoms with E-state index in [0.29, 0.717) is 24.1 Å². The molecule has 37 heteroatoms. The molecule has 37 nitrogen and oxygen atoms in total. The Kier molecular flexibility index (Phi) is 36.7. The lowest BCUT2D eigenvalue weighted by Gasteiger charge is -2.28. The number of hydrogen-bond donors (Lipinski definition) is 20. The van der Waals surface area contributed by atoms with E-state index in [1.807, 2.05) is 0 Å². The summed E-state index contributed by atoms with van der Waals surface area (Å²) in [4.78, 5) is 209. The number of carbonyl (C=O) groups is 15. The molecule has 24 N–H and O–H groups in total. The maximum Gasteiger partial charge on any atom is 0.303 e. The number of benzene rings is 1. The fraction of sp³-hybridized carbons (Fsp3) is 0.590. The number of aliphatic carboxylic acids is 1. The number of primary amides is 1. The number of aliphatic imine (C=N–C) groups is 1. The minimum absolute atomic E-state index is 0.00160. The summed E-state index contributed by atoms with van der Waals surface area (Å²) in [6.45, 7) is 12.6. The van der Waals surface area contributed by atoms with Crippen molar-refractivity contribution < 1.29 is 82.1 Å². The molecule has 2 rings (SSSR count). The van der Waals surface area contributed by atoms with E-state index in [1.165, 1.54) is 54.1 Å². The van der Waals surface area contributed by atoms with Crippen LogP contribution in [0.2, 0.25) is 0 Å². The van der Waals surface area contributed by atoms with Gasteiger partial charge in [0, 0.05) is 37.7 Å². The molecule has 2 aromatic rings. The maximum absolute atomic E-state index is 14.6. The summed E-state index contributed by atoms with van der Waals surface area (Å²) in [5.41, 5.74) is 23.2. The molecule has 0 spiro atoms. The van der Waals surface area contributed by atoms with Crippen molar-refractivity contribution in [1.29, 1.82) is 0 Å². The Morgan fingerprint density at radius 1 is 0.500 bits per heavy atom. The normalized spacial score (nSPS) is 15.3. The molecular formula is C61H98N20O17. The van der Waals surface area contributed by atoms with Gasteiger partial charge in [0.25, 0.3) is 0 Å². The first kappa shape index (κ1) is 83.8. The summed E-state index contributed by atoms with van der Waals surface area (Å²) in [6, 6.07) is -9.44. The highest BCUT2D eigenvalue weighted by atomic mass is 16.4. The van der Waals surface area contributed by atoms with Gasteiger partial charge in [-0.3, -0.25) is 76.9 Å². The number of nitrogens with one attached hydrogen (secondary N) is 14. The number of aliphatic hydroxyl groups is 1. The van der Waals surface area contributed by atoms with Crippen LogP contribution in [0.5, 0.6) is 0 Å².